The van der Waals surface area contributed by atoms with Crippen LogP contribution < -0.4 is 11.2 Å². The number of nitrogens with zero attached hydrogens (tertiary/aromatic N) is 1. The van der Waals surface area contributed by atoms with E-state index in [1.54, 1.807) is 0 Å². The molecule has 27 heavy (non-hydrogen) atoms. The van der Waals surface area contributed by atoms with Crippen molar-refractivity contribution in [2.24, 2.45) is 0 Å². The molecule has 0 spiro atoms. The zero-order valence-corrected chi connectivity index (χ0v) is 17.8. The van der Waals surface area contributed by atoms with Gasteiger partial charge in [-0.05, 0) is 18.1 Å². The summed E-state index contributed by atoms with van der Waals surface area (Å²) in [6.07, 6.45) is -1.14. The molecule has 1 saturated heterocycles. The van der Waals surface area contributed by atoms with Crippen LogP contribution in [0.2, 0.25) is 18.1 Å². The van der Waals surface area contributed by atoms with Crippen LogP contribution in [0.15, 0.2) is 34.5 Å². The first-order valence-corrected chi connectivity index (χ1v) is 11.8. The largest absolute Gasteiger partial charge is 0.408 e. The number of rotatable bonds is 6. The standard InChI is InChI=1S/C18H30N2O6Si/c1-8-11(21)13-14(26-27(6,7)18(2,3)4)15(24-5)16(25-13)20-10-9-12(22)19-17(20)23/h8-11,13-16,21H,1H2,2-7H3,(H,19,22,23)/t11-,13-,14?,15?,16-/m1/s1. The summed E-state index contributed by atoms with van der Waals surface area (Å²) in [4.78, 5) is 25.8. The number of H-pyrrole nitrogens is 1. The van der Waals surface area contributed by atoms with E-state index in [0.29, 0.717) is 0 Å². The highest BCUT2D eigenvalue weighted by molar-refractivity contribution is 6.74. The van der Waals surface area contributed by atoms with E-state index in [9.17, 15) is 14.7 Å². The van der Waals surface area contributed by atoms with Gasteiger partial charge < -0.3 is 19.0 Å². The van der Waals surface area contributed by atoms with Gasteiger partial charge in [0.05, 0.1) is 0 Å². The minimum atomic E-state index is -2.23. The van der Waals surface area contributed by atoms with Crippen molar-refractivity contribution in [3.8, 4) is 0 Å². The second kappa shape index (κ2) is 7.84. The average molecular weight is 399 g/mol. The van der Waals surface area contributed by atoms with Crippen molar-refractivity contribution in [3.63, 3.8) is 0 Å². The number of ether oxygens (including phenoxy) is 2. The molecular weight excluding hydrogens is 368 g/mol. The SMILES string of the molecule is C=C[C@@H](O)[C@H]1O[C@@H](n2ccc(=O)[nH]c2=O)C(OC)C1O[Si](C)(C)C(C)(C)C. The van der Waals surface area contributed by atoms with E-state index in [0.717, 1.165) is 0 Å². The van der Waals surface area contributed by atoms with Crippen molar-refractivity contribution in [3.05, 3.63) is 45.8 Å². The van der Waals surface area contributed by atoms with Crippen molar-refractivity contribution in [2.45, 2.75) is 69.5 Å². The van der Waals surface area contributed by atoms with Crippen molar-refractivity contribution in [1.29, 1.82) is 0 Å². The van der Waals surface area contributed by atoms with E-state index in [1.165, 1.54) is 30.0 Å². The highest BCUT2D eigenvalue weighted by Crippen LogP contribution is 2.42. The van der Waals surface area contributed by atoms with Gasteiger partial charge in [-0.25, -0.2) is 4.79 Å². The van der Waals surface area contributed by atoms with Gasteiger partial charge in [0.2, 0.25) is 0 Å². The highest BCUT2D eigenvalue weighted by atomic mass is 28.4. The molecule has 2 rings (SSSR count). The smallest absolute Gasteiger partial charge is 0.330 e. The van der Waals surface area contributed by atoms with Crippen molar-refractivity contribution in [1.82, 2.24) is 9.55 Å². The van der Waals surface area contributed by atoms with Crippen molar-refractivity contribution < 1.29 is 19.0 Å². The predicted octanol–water partition coefficient (Wildman–Crippen LogP) is 1.39. The molecule has 152 valence electrons. The summed E-state index contributed by atoms with van der Waals surface area (Å²) in [6.45, 7) is 14.2. The molecule has 0 bridgehead atoms. The molecule has 8 nitrogen and oxygen atoms in total. The fourth-order valence-corrected chi connectivity index (χ4v) is 4.13. The Balaban J connectivity index is 2.47. The van der Waals surface area contributed by atoms with E-state index < -0.39 is 50.2 Å². The van der Waals surface area contributed by atoms with Gasteiger partial charge in [-0.15, -0.1) is 6.58 Å². The van der Waals surface area contributed by atoms with Crippen molar-refractivity contribution >= 4 is 8.32 Å². The third kappa shape index (κ3) is 4.32. The van der Waals surface area contributed by atoms with Crippen molar-refractivity contribution in [2.75, 3.05) is 7.11 Å². The van der Waals surface area contributed by atoms with Crippen LogP contribution in [0.1, 0.15) is 27.0 Å². The molecule has 2 N–H and O–H groups in total. The van der Waals surface area contributed by atoms with Crippen LogP contribution in [0.3, 0.4) is 0 Å². The highest BCUT2D eigenvalue weighted by Gasteiger charge is 2.52. The number of hydrogen-bond donors (Lipinski definition) is 2. The molecular formula is C18H30N2O6Si. The second-order valence-electron chi connectivity index (χ2n) is 8.28. The summed E-state index contributed by atoms with van der Waals surface area (Å²) >= 11 is 0. The Hall–Kier alpha value is -1.52. The molecule has 1 aromatic rings. The zero-order valence-electron chi connectivity index (χ0n) is 16.8. The molecule has 2 unspecified atom stereocenters. The zero-order chi connectivity index (χ0) is 20.6. The Labute approximate surface area is 159 Å². The van der Waals surface area contributed by atoms with E-state index in [1.807, 2.05) is 0 Å². The monoisotopic (exact) mass is 398 g/mol. The Bertz CT molecular complexity index is 781. The van der Waals surface area contributed by atoms with Gasteiger partial charge in [0.1, 0.15) is 24.4 Å². The summed E-state index contributed by atoms with van der Waals surface area (Å²) in [7, 11) is -0.730. The molecule has 0 aromatic carbocycles. The van der Waals surface area contributed by atoms with Crippen LogP contribution in [-0.4, -0.2) is 54.5 Å². The number of nitrogens with one attached hydrogen (secondary N) is 1. The van der Waals surface area contributed by atoms with Crippen LogP contribution in [0, 0.1) is 0 Å². The van der Waals surface area contributed by atoms with Crippen LogP contribution in [0.4, 0.5) is 0 Å². The van der Waals surface area contributed by atoms with E-state index >= 15 is 0 Å². The Morgan fingerprint density at radius 2 is 2.00 bits per heavy atom. The third-order valence-corrected chi connectivity index (χ3v) is 9.91. The molecule has 1 fully saturated rings. The molecule has 0 radical (unpaired) electrons. The predicted molar refractivity (Wildman–Crippen MR) is 104 cm³/mol. The van der Waals surface area contributed by atoms with Crippen LogP contribution in [0.5, 0.6) is 0 Å². The van der Waals surface area contributed by atoms with Crippen LogP contribution in [-0.2, 0) is 13.9 Å². The number of aliphatic hydroxyl groups is 1. The topological polar surface area (TPSA) is 103 Å². The summed E-state index contributed by atoms with van der Waals surface area (Å²) in [6, 6.07) is 1.23. The fourth-order valence-electron chi connectivity index (χ4n) is 2.83. The van der Waals surface area contributed by atoms with Gasteiger partial charge in [-0.1, -0.05) is 26.8 Å². The molecule has 9 heteroatoms. The minimum Gasteiger partial charge on any atom is -0.408 e. The maximum Gasteiger partial charge on any atom is 0.330 e. The molecule has 1 aliphatic heterocycles. The lowest BCUT2D eigenvalue weighted by atomic mass is 10.1. The summed E-state index contributed by atoms with van der Waals surface area (Å²) in [5.74, 6) is 0. The Kier molecular flexibility index (Phi) is 6.32. The van der Waals surface area contributed by atoms with Gasteiger partial charge in [-0.2, -0.15) is 0 Å². The first-order chi connectivity index (χ1) is 12.4. The molecule has 1 aromatic heterocycles. The summed E-state index contributed by atoms with van der Waals surface area (Å²) in [5, 5.41) is 10.3. The molecule has 0 saturated carbocycles. The lowest BCUT2D eigenvalue weighted by Gasteiger charge is -2.40. The maximum absolute atomic E-state index is 12.2. The van der Waals surface area contributed by atoms with Crippen LogP contribution >= 0.6 is 0 Å². The summed E-state index contributed by atoms with van der Waals surface area (Å²) < 4.78 is 19.4. The van der Waals surface area contributed by atoms with E-state index in [-0.39, 0.29) is 5.04 Å². The maximum atomic E-state index is 12.2. The molecule has 1 aliphatic rings. The number of hydrogen-bond acceptors (Lipinski definition) is 6. The van der Waals surface area contributed by atoms with E-state index in [4.69, 9.17) is 13.9 Å². The van der Waals surface area contributed by atoms with Gasteiger partial charge >= 0.3 is 5.69 Å². The Morgan fingerprint density at radius 3 is 2.48 bits per heavy atom. The number of aromatic amines is 1. The van der Waals surface area contributed by atoms with Gasteiger partial charge in [-0.3, -0.25) is 14.3 Å². The lowest BCUT2D eigenvalue weighted by Crippen LogP contribution is -2.51. The third-order valence-electron chi connectivity index (χ3n) is 5.44. The lowest BCUT2D eigenvalue weighted by molar-refractivity contribution is -0.0756. The quantitative estimate of drug-likeness (QED) is 0.554. The number of aromatic nitrogens is 2. The molecule has 5 atom stereocenters. The summed E-state index contributed by atoms with van der Waals surface area (Å²) in [5.41, 5.74) is -1.12. The second-order valence-corrected chi connectivity index (χ2v) is 13.0. The fraction of sp³-hybridized carbons (Fsp3) is 0.667. The molecule has 0 aliphatic carbocycles. The Morgan fingerprint density at radius 1 is 1.37 bits per heavy atom. The number of aliphatic hydroxyl groups excluding tert-OH is 1. The van der Waals surface area contributed by atoms with Gasteiger partial charge in [0.15, 0.2) is 14.5 Å². The normalized spacial score (nSPS) is 27.5. The van der Waals surface area contributed by atoms with Gasteiger partial charge in [0.25, 0.3) is 5.56 Å². The average Bonchev–Trinajstić information content (AvgIpc) is 2.90. The van der Waals surface area contributed by atoms with Gasteiger partial charge in [0, 0.05) is 19.4 Å². The molecule has 0 amide bonds. The molecule has 2 heterocycles. The number of methoxy groups -OCH3 is 1. The van der Waals surface area contributed by atoms with E-state index in [2.05, 4.69) is 45.4 Å². The van der Waals surface area contributed by atoms with Crippen LogP contribution in [0.25, 0.3) is 0 Å². The minimum absolute atomic E-state index is 0.0676. The first-order valence-electron chi connectivity index (χ1n) is 8.91. The first kappa shape index (κ1) is 21.8.